The molecule has 0 amide bonds. The lowest BCUT2D eigenvalue weighted by molar-refractivity contribution is 0.647. The summed E-state index contributed by atoms with van der Waals surface area (Å²) in [7, 11) is 0. The maximum atomic E-state index is 4.16. The molecule has 0 saturated carbocycles. The third-order valence-corrected chi connectivity index (χ3v) is 2.77. The van der Waals surface area contributed by atoms with Crippen LogP contribution in [0.3, 0.4) is 0 Å². The molecule has 1 aromatic rings. The van der Waals surface area contributed by atoms with Gasteiger partial charge in [-0.3, -0.25) is 0 Å². The molecule has 1 aromatic carbocycles. The second kappa shape index (κ2) is 7.75. The Bertz CT molecular complexity index is 279. The number of rotatable bonds is 7. The quantitative estimate of drug-likeness (QED) is 0.549. The van der Waals surface area contributed by atoms with Gasteiger partial charge in [-0.15, -0.1) is 0 Å². The van der Waals surface area contributed by atoms with Gasteiger partial charge in [0.15, 0.2) is 0 Å². The van der Waals surface area contributed by atoms with Crippen molar-refractivity contribution in [2.75, 3.05) is 18.8 Å². The third kappa shape index (κ3) is 5.57. The molecule has 0 aliphatic carbocycles. The van der Waals surface area contributed by atoms with Crippen molar-refractivity contribution in [3.63, 3.8) is 0 Å². The Morgan fingerprint density at radius 1 is 1.06 bits per heavy atom. The molecule has 90 valence electrons. The van der Waals surface area contributed by atoms with Crippen LogP contribution in [0.25, 0.3) is 0 Å². The molecule has 0 spiro atoms. The number of hydrogen-bond acceptors (Lipinski definition) is 2. The average Bonchev–Trinajstić information content (AvgIpc) is 2.26. The molecule has 1 N–H and O–H groups in total. The minimum absolute atomic E-state index is 0.739. The van der Waals surface area contributed by atoms with E-state index in [-0.39, 0.29) is 0 Å². The van der Waals surface area contributed by atoms with Crippen molar-refractivity contribution < 1.29 is 0 Å². The highest BCUT2D eigenvalue weighted by molar-refractivity contribution is 7.80. The summed E-state index contributed by atoms with van der Waals surface area (Å²) in [5, 5.41) is 3.35. The minimum Gasteiger partial charge on any atom is -0.316 e. The van der Waals surface area contributed by atoms with Crippen LogP contribution in [0.4, 0.5) is 0 Å². The number of nitrogens with one attached hydrogen (secondary N) is 1. The number of benzene rings is 1. The SMILES string of the molecule is CC(C)Cc1ccc(CCNCCS)cc1. The van der Waals surface area contributed by atoms with Crippen molar-refractivity contribution in [1.29, 1.82) is 0 Å². The van der Waals surface area contributed by atoms with Crippen molar-refractivity contribution in [3.8, 4) is 0 Å². The molecular weight excluding hydrogens is 214 g/mol. The first-order valence-electron chi connectivity index (χ1n) is 6.11. The second-order valence-corrected chi connectivity index (χ2v) is 5.09. The van der Waals surface area contributed by atoms with Crippen molar-refractivity contribution in [2.45, 2.75) is 26.7 Å². The first-order chi connectivity index (χ1) is 7.72. The molecule has 0 aliphatic heterocycles. The van der Waals surface area contributed by atoms with Crippen LogP contribution >= 0.6 is 12.6 Å². The first kappa shape index (κ1) is 13.6. The summed E-state index contributed by atoms with van der Waals surface area (Å²) in [6.07, 6.45) is 2.29. The van der Waals surface area contributed by atoms with Crippen LogP contribution in [-0.2, 0) is 12.8 Å². The zero-order valence-electron chi connectivity index (χ0n) is 10.4. The molecule has 0 heterocycles. The Morgan fingerprint density at radius 2 is 1.69 bits per heavy atom. The molecule has 2 heteroatoms. The minimum atomic E-state index is 0.739. The van der Waals surface area contributed by atoms with Crippen molar-refractivity contribution in [2.24, 2.45) is 5.92 Å². The van der Waals surface area contributed by atoms with Crippen molar-refractivity contribution >= 4 is 12.6 Å². The Kier molecular flexibility index (Phi) is 6.58. The topological polar surface area (TPSA) is 12.0 Å². The van der Waals surface area contributed by atoms with E-state index in [4.69, 9.17) is 0 Å². The van der Waals surface area contributed by atoms with E-state index in [1.807, 2.05) is 0 Å². The highest BCUT2D eigenvalue weighted by atomic mass is 32.1. The Morgan fingerprint density at radius 3 is 2.25 bits per heavy atom. The van der Waals surface area contributed by atoms with Gasteiger partial charge in [0, 0.05) is 12.3 Å². The molecule has 0 aromatic heterocycles. The average molecular weight is 237 g/mol. The summed E-state index contributed by atoms with van der Waals surface area (Å²) in [4.78, 5) is 0. The Labute approximate surface area is 105 Å². The van der Waals surface area contributed by atoms with E-state index in [0.29, 0.717) is 0 Å². The molecule has 0 unspecified atom stereocenters. The second-order valence-electron chi connectivity index (χ2n) is 4.64. The summed E-state index contributed by atoms with van der Waals surface area (Å²) >= 11 is 4.16. The van der Waals surface area contributed by atoms with Gasteiger partial charge in [0.1, 0.15) is 0 Å². The van der Waals surface area contributed by atoms with Gasteiger partial charge in [0.25, 0.3) is 0 Å². The van der Waals surface area contributed by atoms with Gasteiger partial charge in [-0.2, -0.15) is 12.6 Å². The maximum absolute atomic E-state index is 4.16. The maximum Gasteiger partial charge on any atom is 0.00398 e. The van der Waals surface area contributed by atoms with Gasteiger partial charge >= 0.3 is 0 Å². The van der Waals surface area contributed by atoms with Crippen LogP contribution in [0, 0.1) is 5.92 Å². The summed E-state index contributed by atoms with van der Waals surface area (Å²) in [6, 6.07) is 9.02. The van der Waals surface area contributed by atoms with Crippen LogP contribution in [-0.4, -0.2) is 18.8 Å². The summed E-state index contributed by atoms with van der Waals surface area (Å²) in [6.45, 7) is 6.56. The largest absolute Gasteiger partial charge is 0.316 e. The van der Waals surface area contributed by atoms with Crippen LogP contribution in [0.5, 0.6) is 0 Å². The summed E-state index contributed by atoms with van der Waals surface area (Å²) < 4.78 is 0. The fraction of sp³-hybridized carbons (Fsp3) is 0.571. The molecule has 1 nitrogen and oxygen atoms in total. The van der Waals surface area contributed by atoms with Gasteiger partial charge in [-0.25, -0.2) is 0 Å². The monoisotopic (exact) mass is 237 g/mol. The van der Waals surface area contributed by atoms with E-state index >= 15 is 0 Å². The molecular formula is C14H23NS. The van der Waals surface area contributed by atoms with Crippen LogP contribution in [0.1, 0.15) is 25.0 Å². The molecule has 0 atom stereocenters. The highest BCUT2D eigenvalue weighted by Gasteiger charge is 1.98. The van der Waals surface area contributed by atoms with Gasteiger partial charge in [0.05, 0.1) is 0 Å². The molecule has 1 rings (SSSR count). The van der Waals surface area contributed by atoms with Crippen LogP contribution in [0.2, 0.25) is 0 Å². The zero-order valence-corrected chi connectivity index (χ0v) is 11.3. The lowest BCUT2D eigenvalue weighted by Crippen LogP contribution is -2.19. The molecule has 0 saturated heterocycles. The smallest absolute Gasteiger partial charge is 0.00398 e. The highest BCUT2D eigenvalue weighted by Crippen LogP contribution is 2.09. The zero-order chi connectivity index (χ0) is 11.8. The van der Waals surface area contributed by atoms with E-state index in [9.17, 15) is 0 Å². The van der Waals surface area contributed by atoms with Crippen LogP contribution in [0.15, 0.2) is 24.3 Å². The van der Waals surface area contributed by atoms with Crippen LogP contribution < -0.4 is 5.32 Å². The molecule has 0 radical (unpaired) electrons. The van der Waals surface area contributed by atoms with E-state index in [1.54, 1.807) is 0 Å². The Balaban J connectivity index is 2.33. The lowest BCUT2D eigenvalue weighted by Gasteiger charge is -2.07. The van der Waals surface area contributed by atoms with Gasteiger partial charge in [0.2, 0.25) is 0 Å². The summed E-state index contributed by atoms with van der Waals surface area (Å²) in [5.41, 5.74) is 2.86. The van der Waals surface area contributed by atoms with Gasteiger partial charge in [-0.05, 0) is 36.4 Å². The Hall–Kier alpha value is -0.470. The molecule has 0 bridgehead atoms. The molecule has 0 aliphatic rings. The van der Waals surface area contributed by atoms with Gasteiger partial charge in [-0.1, -0.05) is 38.1 Å². The van der Waals surface area contributed by atoms with E-state index in [1.165, 1.54) is 17.5 Å². The van der Waals surface area contributed by atoms with Gasteiger partial charge < -0.3 is 5.32 Å². The van der Waals surface area contributed by atoms with E-state index in [2.05, 4.69) is 56.1 Å². The standard InChI is InChI=1S/C14H23NS/c1-12(2)11-14-5-3-13(4-6-14)7-8-15-9-10-16/h3-6,12,15-16H,7-11H2,1-2H3. The normalized spacial score (nSPS) is 11.0. The predicted octanol–water partition coefficient (Wildman–Crippen LogP) is 2.95. The van der Waals surface area contributed by atoms with E-state index < -0.39 is 0 Å². The summed E-state index contributed by atoms with van der Waals surface area (Å²) in [5.74, 6) is 1.65. The fourth-order valence-corrected chi connectivity index (χ4v) is 1.91. The predicted molar refractivity (Wildman–Crippen MR) is 75.4 cm³/mol. The van der Waals surface area contributed by atoms with E-state index in [0.717, 1.165) is 31.2 Å². The van der Waals surface area contributed by atoms with Crippen molar-refractivity contribution in [3.05, 3.63) is 35.4 Å². The molecule has 16 heavy (non-hydrogen) atoms. The first-order valence-corrected chi connectivity index (χ1v) is 6.75. The fourth-order valence-electron chi connectivity index (χ4n) is 1.75. The lowest BCUT2D eigenvalue weighted by atomic mass is 10.0. The number of hydrogen-bond donors (Lipinski definition) is 2. The third-order valence-electron chi connectivity index (χ3n) is 2.55. The molecule has 0 fully saturated rings. The van der Waals surface area contributed by atoms with Crippen molar-refractivity contribution in [1.82, 2.24) is 5.32 Å². The number of thiol groups is 1.